The van der Waals surface area contributed by atoms with Gasteiger partial charge in [0.05, 0.1) is 12.3 Å². The second kappa shape index (κ2) is 8.38. The fourth-order valence-corrected chi connectivity index (χ4v) is 4.11. The molecule has 1 N–H and O–H groups in total. The summed E-state index contributed by atoms with van der Waals surface area (Å²) in [5, 5.41) is 7.14. The number of hydrogen-bond donors (Lipinski definition) is 1. The maximum absolute atomic E-state index is 12.6. The van der Waals surface area contributed by atoms with Crippen LogP contribution in [0.3, 0.4) is 0 Å². The number of aromatic amines is 1. The predicted octanol–water partition coefficient (Wildman–Crippen LogP) is 2.50. The van der Waals surface area contributed by atoms with Crippen LogP contribution >= 0.6 is 11.8 Å². The Balaban J connectivity index is 1.65. The second-order valence-electron chi connectivity index (χ2n) is 6.32. The quantitative estimate of drug-likeness (QED) is 0.804. The van der Waals surface area contributed by atoms with Gasteiger partial charge in [-0.15, -0.1) is 5.10 Å². The van der Waals surface area contributed by atoms with Gasteiger partial charge in [0.2, 0.25) is 5.91 Å². The number of aromatic nitrogens is 3. The molecular weight excluding hydrogens is 336 g/mol. The number of likely N-dealkylation sites (tertiary alicyclic amines) is 1. The number of thioether (sulfide) groups is 1. The zero-order valence-corrected chi connectivity index (χ0v) is 15.3. The molecule has 1 amide bonds. The minimum Gasteiger partial charge on any atom is -0.339 e. The van der Waals surface area contributed by atoms with E-state index in [1.165, 1.54) is 18.2 Å². The summed E-state index contributed by atoms with van der Waals surface area (Å²) in [6, 6.07) is 10.1. The van der Waals surface area contributed by atoms with Gasteiger partial charge in [-0.25, -0.2) is 9.89 Å². The van der Waals surface area contributed by atoms with Crippen LogP contribution in [0, 0.1) is 0 Å². The largest absolute Gasteiger partial charge is 0.344 e. The van der Waals surface area contributed by atoms with E-state index in [0.717, 1.165) is 31.4 Å². The molecule has 0 bridgehead atoms. The third-order valence-electron chi connectivity index (χ3n) is 4.65. The zero-order valence-electron chi connectivity index (χ0n) is 14.5. The summed E-state index contributed by atoms with van der Waals surface area (Å²) in [6.07, 6.45) is 4.37. The lowest BCUT2D eigenvalue weighted by molar-refractivity contribution is -0.132. The summed E-state index contributed by atoms with van der Waals surface area (Å²) in [6.45, 7) is 3.43. The van der Waals surface area contributed by atoms with Crippen LogP contribution in [0.2, 0.25) is 0 Å². The first-order valence-electron chi connectivity index (χ1n) is 8.80. The van der Waals surface area contributed by atoms with Crippen molar-refractivity contribution in [3.63, 3.8) is 0 Å². The van der Waals surface area contributed by atoms with Crippen molar-refractivity contribution in [3.05, 3.63) is 46.4 Å². The molecule has 2 aromatic rings. The average molecular weight is 360 g/mol. The SMILES string of the molecule is CC[C@H]1CCCCN1C(=O)CSc1n[nH]c(=O)n1Cc1ccccc1. The van der Waals surface area contributed by atoms with Crippen molar-refractivity contribution in [3.8, 4) is 0 Å². The Labute approximate surface area is 151 Å². The van der Waals surface area contributed by atoms with E-state index in [1.807, 2.05) is 35.2 Å². The molecule has 1 aromatic heterocycles. The Morgan fingerprint density at radius 3 is 2.88 bits per heavy atom. The molecule has 2 heterocycles. The van der Waals surface area contributed by atoms with Crippen LogP contribution in [0.25, 0.3) is 0 Å². The van der Waals surface area contributed by atoms with Gasteiger partial charge in [0.1, 0.15) is 0 Å². The van der Waals surface area contributed by atoms with Gasteiger partial charge >= 0.3 is 5.69 Å². The lowest BCUT2D eigenvalue weighted by Gasteiger charge is -2.35. The number of carbonyl (C=O) groups is 1. The number of piperidine rings is 1. The lowest BCUT2D eigenvalue weighted by atomic mass is 10.0. The van der Waals surface area contributed by atoms with E-state index in [0.29, 0.717) is 23.5 Å². The Hall–Kier alpha value is -2.02. The fraction of sp³-hybridized carbons (Fsp3) is 0.500. The summed E-state index contributed by atoms with van der Waals surface area (Å²) in [7, 11) is 0. The molecule has 6 nitrogen and oxygen atoms in total. The van der Waals surface area contributed by atoms with E-state index in [4.69, 9.17) is 0 Å². The van der Waals surface area contributed by atoms with Crippen LogP contribution in [0.15, 0.2) is 40.3 Å². The number of benzene rings is 1. The van der Waals surface area contributed by atoms with E-state index < -0.39 is 0 Å². The van der Waals surface area contributed by atoms with Crippen LogP contribution in [0.4, 0.5) is 0 Å². The van der Waals surface area contributed by atoms with Crippen molar-refractivity contribution in [2.24, 2.45) is 0 Å². The molecule has 1 atom stereocenters. The van der Waals surface area contributed by atoms with Gasteiger partial charge in [-0.2, -0.15) is 0 Å². The van der Waals surface area contributed by atoms with E-state index >= 15 is 0 Å². The van der Waals surface area contributed by atoms with Crippen LogP contribution in [0.5, 0.6) is 0 Å². The Kier molecular flexibility index (Phi) is 5.96. The molecule has 0 radical (unpaired) electrons. The number of H-pyrrole nitrogens is 1. The van der Waals surface area contributed by atoms with Gasteiger partial charge < -0.3 is 4.90 Å². The van der Waals surface area contributed by atoms with Crippen molar-refractivity contribution in [1.29, 1.82) is 0 Å². The Morgan fingerprint density at radius 1 is 1.32 bits per heavy atom. The molecule has 1 fully saturated rings. The molecule has 0 unspecified atom stereocenters. The highest BCUT2D eigenvalue weighted by Gasteiger charge is 2.25. The fourth-order valence-electron chi connectivity index (χ4n) is 3.28. The predicted molar refractivity (Wildman–Crippen MR) is 98.8 cm³/mol. The van der Waals surface area contributed by atoms with Gasteiger partial charge in [0.25, 0.3) is 0 Å². The van der Waals surface area contributed by atoms with E-state index in [9.17, 15) is 9.59 Å². The number of nitrogens with zero attached hydrogens (tertiary/aromatic N) is 3. The zero-order chi connectivity index (χ0) is 17.6. The van der Waals surface area contributed by atoms with Gasteiger partial charge in [0.15, 0.2) is 5.16 Å². The normalized spacial score (nSPS) is 17.6. The number of rotatable bonds is 6. The molecule has 0 aliphatic carbocycles. The van der Waals surface area contributed by atoms with Gasteiger partial charge in [-0.05, 0) is 31.2 Å². The van der Waals surface area contributed by atoms with E-state index in [2.05, 4.69) is 17.1 Å². The van der Waals surface area contributed by atoms with Gasteiger partial charge in [-0.1, -0.05) is 49.0 Å². The third-order valence-corrected chi connectivity index (χ3v) is 5.61. The van der Waals surface area contributed by atoms with E-state index in [1.54, 1.807) is 4.57 Å². The monoisotopic (exact) mass is 360 g/mol. The molecule has 3 rings (SSSR count). The molecular formula is C18H24N4O2S. The molecule has 1 saturated heterocycles. The Bertz CT molecular complexity index is 756. The first-order valence-corrected chi connectivity index (χ1v) is 9.79. The summed E-state index contributed by atoms with van der Waals surface area (Å²) >= 11 is 1.33. The standard InChI is InChI=1S/C18H24N4O2S/c1-2-15-10-6-7-11-21(15)16(23)13-25-18-20-19-17(24)22(18)12-14-8-4-3-5-9-14/h3-5,8-9,15H,2,6-7,10-13H2,1H3,(H,19,24)/t15-/m0/s1. The van der Waals surface area contributed by atoms with Crippen LogP contribution in [0.1, 0.15) is 38.2 Å². The highest BCUT2D eigenvalue weighted by atomic mass is 32.2. The molecule has 1 aliphatic heterocycles. The molecule has 1 aliphatic rings. The van der Waals surface area contributed by atoms with Crippen LogP contribution in [-0.2, 0) is 11.3 Å². The topological polar surface area (TPSA) is 71.0 Å². The summed E-state index contributed by atoms with van der Waals surface area (Å²) in [5.41, 5.74) is 0.782. The van der Waals surface area contributed by atoms with Crippen molar-refractivity contribution >= 4 is 17.7 Å². The van der Waals surface area contributed by atoms with Crippen molar-refractivity contribution in [2.45, 2.75) is 50.4 Å². The second-order valence-corrected chi connectivity index (χ2v) is 7.26. The van der Waals surface area contributed by atoms with E-state index in [-0.39, 0.29) is 11.6 Å². The molecule has 0 saturated carbocycles. The number of amides is 1. The highest BCUT2D eigenvalue weighted by molar-refractivity contribution is 7.99. The lowest BCUT2D eigenvalue weighted by Crippen LogP contribution is -2.44. The Morgan fingerprint density at radius 2 is 2.12 bits per heavy atom. The van der Waals surface area contributed by atoms with Crippen LogP contribution < -0.4 is 5.69 Å². The first-order chi connectivity index (χ1) is 12.2. The summed E-state index contributed by atoms with van der Waals surface area (Å²) in [4.78, 5) is 26.6. The molecule has 25 heavy (non-hydrogen) atoms. The first kappa shape index (κ1) is 17.8. The maximum atomic E-state index is 12.6. The summed E-state index contributed by atoms with van der Waals surface area (Å²) < 4.78 is 1.58. The average Bonchev–Trinajstić information content (AvgIpc) is 3.00. The number of nitrogens with one attached hydrogen (secondary N) is 1. The molecule has 7 heteroatoms. The van der Waals surface area contributed by atoms with Crippen molar-refractivity contribution < 1.29 is 4.79 Å². The van der Waals surface area contributed by atoms with Gasteiger partial charge in [0, 0.05) is 12.6 Å². The molecule has 0 spiro atoms. The third kappa shape index (κ3) is 4.34. The smallest absolute Gasteiger partial charge is 0.339 e. The minimum absolute atomic E-state index is 0.137. The highest BCUT2D eigenvalue weighted by Crippen LogP contribution is 2.22. The van der Waals surface area contributed by atoms with Crippen molar-refractivity contribution in [1.82, 2.24) is 19.7 Å². The van der Waals surface area contributed by atoms with Crippen LogP contribution in [-0.4, -0.2) is 43.9 Å². The molecule has 1 aromatic carbocycles. The summed E-state index contributed by atoms with van der Waals surface area (Å²) in [5.74, 6) is 0.452. The number of carbonyl (C=O) groups excluding carboxylic acids is 1. The maximum Gasteiger partial charge on any atom is 0.344 e. The minimum atomic E-state index is -0.247. The molecule has 134 valence electrons. The van der Waals surface area contributed by atoms with Gasteiger partial charge in [-0.3, -0.25) is 9.36 Å². The number of hydrogen-bond acceptors (Lipinski definition) is 4. The van der Waals surface area contributed by atoms with Crippen molar-refractivity contribution in [2.75, 3.05) is 12.3 Å².